The first-order valence-electron chi connectivity index (χ1n) is 10.6. The van der Waals surface area contributed by atoms with E-state index in [2.05, 4.69) is 29.3 Å². The van der Waals surface area contributed by atoms with Crippen LogP contribution < -0.4 is 5.32 Å². The van der Waals surface area contributed by atoms with E-state index >= 15 is 0 Å². The number of hydrogen-bond donors (Lipinski definition) is 1. The molecule has 0 saturated heterocycles. The molecule has 2 aliphatic heterocycles. The summed E-state index contributed by atoms with van der Waals surface area (Å²) in [5.74, 6) is -1.36. The fraction of sp³-hybridized carbons (Fsp3) is 0.375. The number of amides is 1. The number of hydrogen-bond acceptors (Lipinski definition) is 5. The second-order valence-corrected chi connectivity index (χ2v) is 7.65. The quantitative estimate of drug-likeness (QED) is 0.627. The average Bonchev–Trinajstić information content (AvgIpc) is 2.78. The predicted octanol–water partition coefficient (Wildman–Crippen LogP) is 3.01. The maximum absolute atomic E-state index is 13.0. The number of carbonyl (C=O) groups excluding carboxylic acids is 2. The van der Waals surface area contributed by atoms with Crippen molar-refractivity contribution in [2.45, 2.75) is 39.3 Å². The molecule has 0 bridgehead atoms. The summed E-state index contributed by atoms with van der Waals surface area (Å²) in [7, 11) is 0. The van der Waals surface area contributed by atoms with Crippen molar-refractivity contribution in [2.24, 2.45) is 10.9 Å². The van der Waals surface area contributed by atoms with E-state index in [9.17, 15) is 9.59 Å². The third-order valence-corrected chi connectivity index (χ3v) is 5.79. The summed E-state index contributed by atoms with van der Waals surface area (Å²) in [4.78, 5) is 32.5. The van der Waals surface area contributed by atoms with Crippen LogP contribution in [0.4, 0.5) is 0 Å². The van der Waals surface area contributed by atoms with Gasteiger partial charge in [0.25, 0.3) is 0 Å². The largest absolute Gasteiger partial charge is 0.465 e. The van der Waals surface area contributed by atoms with Crippen molar-refractivity contribution in [1.29, 1.82) is 0 Å². The van der Waals surface area contributed by atoms with Crippen LogP contribution >= 0.6 is 0 Å². The topological polar surface area (TPSA) is 71.0 Å². The summed E-state index contributed by atoms with van der Waals surface area (Å²) >= 11 is 0. The highest BCUT2D eigenvalue weighted by molar-refractivity contribution is 6.08. The van der Waals surface area contributed by atoms with Gasteiger partial charge in [-0.1, -0.05) is 55.5 Å². The van der Waals surface area contributed by atoms with Gasteiger partial charge in [0.05, 0.1) is 6.61 Å². The number of aryl methyl sites for hydroxylation is 1. The predicted molar refractivity (Wildman–Crippen MR) is 115 cm³/mol. The number of rotatable bonds is 4. The number of aliphatic imine (C=N–C) groups is 1. The SMILES string of the molecule is CCOC(=O)[C@@H]1C(=O)NC(N2CCc3ccccc3C2)=N[C@@H]1c1ccc(CC)cc1. The Morgan fingerprint density at radius 2 is 1.87 bits per heavy atom. The van der Waals surface area contributed by atoms with Gasteiger partial charge in [0, 0.05) is 13.1 Å². The van der Waals surface area contributed by atoms with Gasteiger partial charge in [-0.05, 0) is 42.0 Å². The van der Waals surface area contributed by atoms with E-state index in [1.54, 1.807) is 6.92 Å². The molecular formula is C24H27N3O3. The van der Waals surface area contributed by atoms with Gasteiger partial charge in [0.1, 0.15) is 6.04 Å². The van der Waals surface area contributed by atoms with Crippen molar-refractivity contribution in [3.63, 3.8) is 0 Å². The van der Waals surface area contributed by atoms with E-state index in [0.717, 1.165) is 24.9 Å². The Kier molecular flexibility index (Phi) is 5.84. The van der Waals surface area contributed by atoms with Gasteiger partial charge in [0.15, 0.2) is 5.92 Å². The van der Waals surface area contributed by atoms with Crippen LogP contribution in [0.15, 0.2) is 53.5 Å². The molecule has 1 N–H and O–H groups in total. The molecule has 6 nitrogen and oxygen atoms in total. The number of benzene rings is 2. The molecule has 2 heterocycles. The third kappa shape index (κ3) is 3.95. The van der Waals surface area contributed by atoms with E-state index in [4.69, 9.17) is 9.73 Å². The molecule has 0 spiro atoms. The van der Waals surface area contributed by atoms with E-state index in [1.165, 1.54) is 16.7 Å². The summed E-state index contributed by atoms with van der Waals surface area (Å²) in [5, 5.41) is 2.86. The average molecular weight is 405 g/mol. The number of esters is 1. The zero-order valence-corrected chi connectivity index (χ0v) is 17.4. The minimum absolute atomic E-state index is 0.226. The van der Waals surface area contributed by atoms with Gasteiger partial charge in [-0.25, -0.2) is 4.99 Å². The van der Waals surface area contributed by atoms with E-state index in [0.29, 0.717) is 12.5 Å². The first-order chi connectivity index (χ1) is 14.6. The highest BCUT2D eigenvalue weighted by Crippen LogP contribution is 2.32. The molecule has 0 fully saturated rings. The molecule has 2 atom stereocenters. The zero-order chi connectivity index (χ0) is 21.1. The molecule has 156 valence electrons. The third-order valence-electron chi connectivity index (χ3n) is 5.79. The molecule has 0 radical (unpaired) electrons. The van der Waals surface area contributed by atoms with Gasteiger partial charge in [-0.2, -0.15) is 0 Å². The van der Waals surface area contributed by atoms with Crippen molar-refractivity contribution in [2.75, 3.05) is 13.2 Å². The van der Waals surface area contributed by atoms with Crippen LogP contribution in [0.5, 0.6) is 0 Å². The molecular weight excluding hydrogens is 378 g/mol. The standard InChI is InChI=1S/C24H27N3O3/c1-3-16-9-11-18(12-10-16)21-20(23(29)30-4-2)22(28)26-24(25-21)27-14-13-17-7-5-6-8-19(17)15-27/h5-12,20-21H,3-4,13-15H2,1-2H3,(H,25,26,28)/t20-,21+/m0/s1. The summed E-state index contributed by atoms with van der Waals surface area (Å²) < 4.78 is 5.19. The van der Waals surface area contributed by atoms with Crippen LogP contribution in [0.3, 0.4) is 0 Å². The molecule has 0 unspecified atom stereocenters. The summed E-state index contributed by atoms with van der Waals surface area (Å²) in [6.45, 7) is 5.50. The number of guanidine groups is 1. The Morgan fingerprint density at radius 3 is 2.57 bits per heavy atom. The van der Waals surface area contributed by atoms with E-state index in [1.807, 2.05) is 36.4 Å². The van der Waals surface area contributed by atoms with Crippen LogP contribution in [0, 0.1) is 5.92 Å². The van der Waals surface area contributed by atoms with Crippen LogP contribution in [0.25, 0.3) is 0 Å². The number of fused-ring (bicyclic) bond motifs is 1. The Hall–Kier alpha value is -3.15. The molecule has 30 heavy (non-hydrogen) atoms. The molecule has 0 aromatic heterocycles. The van der Waals surface area contributed by atoms with Crippen LogP contribution in [0.2, 0.25) is 0 Å². The van der Waals surface area contributed by atoms with Gasteiger partial charge < -0.3 is 9.64 Å². The van der Waals surface area contributed by atoms with Gasteiger partial charge in [-0.15, -0.1) is 0 Å². The van der Waals surface area contributed by atoms with Crippen molar-refractivity contribution < 1.29 is 14.3 Å². The van der Waals surface area contributed by atoms with E-state index in [-0.39, 0.29) is 12.5 Å². The van der Waals surface area contributed by atoms with Crippen LogP contribution in [-0.4, -0.2) is 35.9 Å². The minimum Gasteiger partial charge on any atom is -0.465 e. The van der Waals surface area contributed by atoms with Gasteiger partial charge >= 0.3 is 5.97 Å². The second-order valence-electron chi connectivity index (χ2n) is 7.65. The lowest BCUT2D eigenvalue weighted by atomic mass is 9.90. The number of nitrogens with zero attached hydrogens (tertiary/aromatic N) is 2. The monoisotopic (exact) mass is 405 g/mol. The lowest BCUT2D eigenvalue weighted by Crippen LogP contribution is -2.53. The first kappa shape index (κ1) is 20.1. The van der Waals surface area contributed by atoms with Crippen LogP contribution in [-0.2, 0) is 33.7 Å². The molecule has 0 saturated carbocycles. The summed E-state index contributed by atoms with van der Waals surface area (Å²) in [5.41, 5.74) is 4.60. The summed E-state index contributed by atoms with van der Waals surface area (Å²) in [6, 6.07) is 15.7. The Balaban J connectivity index is 1.68. The number of ether oxygens (including phenoxy) is 1. The number of nitrogens with one attached hydrogen (secondary N) is 1. The normalized spacial score (nSPS) is 20.8. The van der Waals surface area contributed by atoms with E-state index < -0.39 is 17.9 Å². The molecule has 0 aliphatic carbocycles. The van der Waals surface area contributed by atoms with Crippen LogP contribution in [0.1, 0.15) is 42.1 Å². The molecule has 1 amide bonds. The van der Waals surface area contributed by atoms with Crippen molar-refractivity contribution >= 4 is 17.8 Å². The Morgan fingerprint density at radius 1 is 1.13 bits per heavy atom. The Bertz CT molecular complexity index is 968. The minimum atomic E-state index is -0.988. The molecule has 6 heteroatoms. The molecule has 2 aromatic carbocycles. The highest BCUT2D eigenvalue weighted by atomic mass is 16.5. The lowest BCUT2D eigenvalue weighted by Gasteiger charge is -2.36. The fourth-order valence-corrected chi connectivity index (χ4v) is 4.09. The smallest absolute Gasteiger partial charge is 0.321 e. The maximum Gasteiger partial charge on any atom is 0.321 e. The highest BCUT2D eigenvalue weighted by Gasteiger charge is 2.42. The van der Waals surface area contributed by atoms with Gasteiger partial charge in [0.2, 0.25) is 11.9 Å². The molecule has 4 rings (SSSR count). The maximum atomic E-state index is 13.0. The second kappa shape index (κ2) is 8.69. The van der Waals surface area contributed by atoms with Crippen molar-refractivity contribution in [1.82, 2.24) is 10.2 Å². The van der Waals surface area contributed by atoms with Crippen molar-refractivity contribution in [3.05, 3.63) is 70.8 Å². The molecule has 2 aromatic rings. The summed E-state index contributed by atoms with van der Waals surface area (Å²) in [6.07, 6.45) is 1.82. The van der Waals surface area contributed by atoms with Gasteiger partial charge in [-0.3, -0.25) is 14.9 Å². The van der Waals surface area contributed by atoms with Crippen molar-refractivity contribution in [3.8, 4) is 0 Å². The molecule has 2 aliphatic rings. The lowest BCUT2D eigenvalue weighted by molar-refractivity contribution is -0.153. The zero-order valence-electron chi connectivity index (χ0n) is 17.4. The first-order valence-corrected chi connectivity index (χ1v) is 10.6. The Labute approximate surface area is 176 Å². The number of carbonyl (C=O) groups is 2. The fourth-order valence-electron chi connectivity index (χ4n) is 4.09.